The average Bonchev–Trinajstić information content (AvgIpc) is 2.61. The van der Waals surface area contributed by atoms with E-state index in [1.54, 1.807) is 0 Å². The lowest BCUT2D eigenvalue weighted by Gasteiger charge is -2.15. The minimum Gasteiger partial charge on any atom is -0.350 e. The molecule has 1 heterocycles. The number of carbonyl (C=O) groups is 1. The number of fused-ring (bicyclic) bond motifs is 1. The highest BCUT2D eigenvalue weighted by atomic mass is 35.5. The molecule has 0 aliphatic rings. The van der Waals surface area contributed by atoms with Crippen LogP contribution in [0.5, 0.6) is 0 Å². The van der Waals surface area contributed by atoms with E-state index in [1.807, 2.05) is 62.4 Å². The number of nitrogens with zero attached hydrogens (tertiary/aromatic N) is 1. The van der Waals surface area contributed by atoms with Gasteiger partial charge in [-0.05, 0) is 44.5 Å². The van der Waals surface area contributed by atoms with Gasteiger partial charge in [0.25, 0.3) is 5.91 Å². The number of pyridine rings is 1. The lowest BCUT2D eigenvalue weighted by molar-refractivity contribution is 0.0941. The number of amides is 1. The molecular weight excluding hydrogens is 332 g/mol. The monoisotopic (exact) mass is 352 g/mol. The van der Waals surface area contributed by atoms with Crippen LogP contribution in [0.15, 0.2) is 48.5 Å². The van der Waals surface area contributed by atoms with Gasteiger partial charge in [0.2, 0.25) is 0 Å². The third-order valence-corrected chi connectivity index (χ3v) is 4.68. The van der Waals surface area contributed by atoms with Crippen molar-refractivity contribution >= 4 is 28.4 Å². The van der Waals surface area contributed by atoms with E-state index in [2.05, 4.69) is 12.2 Å². The number of hydrogen-bond donors (Lipinski definition) is 1. The van der Waals surface area contributed by atoms with Crippen LogP contribution in [-0.4, -0.2) is 16.9 Å². The molecule has 1 atom stereocenters. The molecule has 1 amide bonds. The summed E-state index contributed by atoms with van der Waals surface area (Å²) in [5.41, 5.74) is 4.04. The van der Waals surface area contributed by atoms with Gasteiger partial charge in [-0.25, -0.2) is 4.98 Å². The maximum atomic E-state index is 12.8. The lowest BCUT2D eigenvalue weighted by Crippen LogP contribution is -2.32. The third-order valence-electron chi connectivity index (χ3n) is 4.35. The van der Waals surface area contributed by atoms with Crippen molar-refractivity contribution in [2.24, 2.45) is 0 Å². The van der Waals surface area contributed by atoms with Crippen LogP contribution in [0.25, 0.3) is 22.2 Å². The quantitative estimate of drug-likeness (QED) is 0.683. The van der Waals surface area contributed by atoms with E-state index in [4.69, 9.17) is 16.6 Å². The van der Waals surface area contributed by atoms with Gasteiger partial charge < -0.3 is 5.32 Å². The molecule has 0 aliphatic carbocycles. The molecule has 0 radical (unpaired) electrons. The normalized spacial score (nSPS) is 12.2. The maximum absolute atomic E-state index is 12.8. The van der Waals surface area contributed by atoms with Crippen molar-refractivity contribution in [2.45, 2.75) is 33.2 Å². The summed E-state index contributed by atoms with van der Waals surface area (Å²) in [6.07, 6.45) is 0.880. The summed E-state index contributed by atoms with van der Waals surface area (Å²) in [6.45, 7) is 6.06. The van der Waals surface area contributed by atoms with Gasteiger partial charge in [-0.3, -0.25) is 4.79 Å². The minimum atomic E-state index is -0.0827. The Kier molecular flexibility index (Phi) is 5.05. The molecule has 128 valence electrons. The second-order valence-corrected chi connectivity index (χ2v) is 6.75. The Labute approximate surface area is 153 Å². The summed E-state index contributed by atoms with van der Waals surface area (Å²) >= 11 is 6.33. The molecule has 1 unspecified atom stereocenters. The zero-order valence-electron chi connectivity index (χ0n) is 14.6. The number of aromatic nitrogens is 1. The number of nitrogens with one attached hydrogen (secondary N) is 1. The summed E-state index contributed by atoms with van der Waals surface area (Å²) in [6, 6.07) is 15.5. The van der Waals surface area contributed by atoms with Gasteiger partial charge in [-0.1, -0.05) is 48.4 Å². The van der Waals surface area contributed by atoms with Crippen LogP contribution in [0.2, 0.25) is 5.02 Å². The Morgan fingerprint density at radius 2 is 1.96 bits per heavy atom. The summed E-state index contributed by atoms with van der Waals surface area (Å²) in [4.78, 5) is 17.6. The van der Waals surface area contributed by atoms with Crippen molar-refractivity contribution in [2.75, 3.05) is 0 Å². The highest BCUT2D eigenvalue weighted by Gasteiger charge is 2.16. The maximum Gasteiger partial charge on any atom is 0.252 e. The molecule has 25 heavy (non-hydrogen) atoms. The van der Waals surface area contributed by atoms with Crippen LogP contribution in [-0.2, 0) is 0 Å². The molecule has 0 bridgehead atoms. The summed E-state index contributed by atoms with van der Waals surface area (Å²) in [7, 11) is 0. The van der Waals surface area contributed by atoms with Crippen LogP contribution in [0.3, 0.4) is 0 Å². The minimum absolute atomic E-state index is 0.0827. The van der Waals surface area contributed by atoms with E-state index < -0.39 is 0 Å². The number of rotatable bonds is 4. The third kappa shape index (κ3) is 3.67. The number of aryl methyl sites for hydroxylation is 1. The predicted octanol–water partition coefficient (Wildman–Crippen LogP) is 5.39. The summed E-state index contributed by atoms with van der Waals surface area (Å²) < 4.78 is 0. The Morgan fingerprint density at radius 3 is 2.68 bits per heavy atom. The standard InChI is InChI=1S/C21H21ClN2O/c1-4-14(3)23-21(25)17-12-20(15-7-5-6-8-18(15)22)24-19-10-9-13(2)11-16(17)19/h5-12,14H,4H2,1-3H3,(H,23,25). The van der Waals surface area contributed by atoms with Crippen LogP contribution in [0, 0.1) is 6.92 Å². The van der Waals surface area contributed by atoms with E-state index in [1.165, 1.54) is 0 Å². The fourth-order valence-corrected chi connectivity index (χ4v) is 2.97. The van der Waals surface area contributed by atoms with Crippen molar-refractivity contribution in [1.29, 1.82) is 0 Å². The van der Waals surface area contributed by atoms with E-state index in [-0.39, 0.29) is 11.9 Å². The topological polar surface area (TPSA) is 42.0 Å². The first kappa shape index (κ1) is 17.4. The van der Waals surface area contributed by atoms with Gasteiger partial charge in [0, 0.05) is 22.0 Å². The van der Waals surface area contributed by atoms with Crippen LogP contribution in [0.1, 0.15) is 36.2 Å². The van der Waals surface area contributed by atoms with Gasteiger partial charge in [0.1, 0.15) is 0 Å². The van der Waals surface area contributed by atoms with E-state index in [0.717, 1.165) is 28.5 Å². The number of benzene rings is 2. The molecule has 0 aliphatic heterocycles. The predicted molar refractivity (Wildman–Crippen MR) is 104 cm³/mol. The molecule has 1 aromatic heterocycles. The van der Waals surface area contributed by atoms with Crippen molar-refractivity contribution in [3.8, 4) is 11.3 Å². The van der Waals surface area contributed by atoms with Gasteiger partial charge >= 0.3 is 0 Å². The van der Waals surface area contributed by atoms with E-state index in [9.17, 15) is 4.79 Å². The number of halogens is 1. The highest BCUT2D eigenvalue weighted by Crippen LogP contribution is 2.30. The van der Waals surface area contributed by atoms with Gasteiger partial charge in [0.15, 0.2) is 0 Å². The first-order chi connectivity index (χ1) is 12.0. The molecule has 4 heteroatoms. The number of carbonyl (C=O) groups excluding carboxylic acids is 1. The Morgan fingerprint density at radius 1 is 1.20 bits per heavy atom. The first-order valence-electron chi connectivity index (χ1n) is 8.46. The van der Waals surface area contributed by atoms with Crippen molar-refractivity contribution in [3.63, 3.8) is 0 Å². The molecule has 0 spiro atoms. The van der Waals surface area contributed by atoms with Gasteiger partial charge in [-0.2, -0.15) is 0 Å². The Balaban J connectivity index is 2.20. The number of hydrogen-bond acceptors (Lipinski definition) is 2. The Bertz CT molecular complexity index is 936. The van der Waals surface area contributed by atoms with Gasteiger partial charge in [-0.15, -0.1) is 0 Å². The molecule has 0 saturated heterocycles. The van der Waals surface area contributed by atoms with E-state index in [0.29, 0.717) is 16.3 Å². The van der Waals surface area contributed by atoms with Gasteiger partial charge in [0.05, 0.1) is 16.8 Å². The van der Waals surface area contributed by atoms with E-state index >= 15 is 0 Å². The second-order valence-electron chi connectivity index (χ2n) is 6.34. The second kappa shape index (κ2) is 7.24. The molecule has 3 aromatic rings. The molecule has 1 N–H and O–H groups in total. The highest BCUT2D eigenvalue weighted by molar-refractivity contribution is 6.33. The first-order valence-corrected chi connectivity index (χ1v) is 8.84. The molecule has 2 aromatic carbocycles. The van der Waals surface area contributed by atoms with Crippen molar-refractivity contribution in [1.82, 2.24) is 10.3 Å². The van der Waals surface area contributed by atoms with Crippen molar-refractivity contribution < 1.29 is 4.79 Å². The lowest BCUT2D eigenvalue weighted by atomic mass is 10.0. The molecule has 0 fully saturated rings. The summed E-state index contributed by atoms with van der Waals surface area (Å²) in [5, 5.41) is 4.53. The average molecular weight is 353 g/mol. The van der Waals surface area contributed by atoms with Crippen LogP contribution < -0.4 is 5.32 Å². The Hall–Kier alpha value is -2.39. The molecule has 3 nitrogen and oxygen atoms in total. The van der Waals surface area contributed by atoms with Crippen LogP contribution >= 0.6 is 11.6 Å². The van der Waals surface area contributed by atoms with Crippen LogP contribution in [0.4, 0.5) is 0 Å². The zero-order chi connectivity index (χ0) is 18.0. The smallest absolute Gasteiger partial charge is 0.252 e. The summed E-state index contributed by atoms with van der Waals surface area (Å²) in [5.74, 6) is -0.0827. The SMILES string of the molecule is CCC(C)NC(=O)c1cc(-c2ccccc2Cl)nc2ccc(C)cc12. The molecule has 3 rings (SSSR count). The fourth-order valence-electron chi connectivity index (χ4n) is 2.74. The molecule has 0 saturated carbocycles. The zero-order valence-corrected chi connectivity index (χ0v) is 15.4. The fraction of sp³-hybridized carbons (Fsp3) is 0.238. The van der Waals surface area contributed by atoms with Crippen molar-refractivity contribution in [3.05, 3.63) is 64.7 Å². The molecular formula is C21H21ClN2O. The largest absolute Gasteiger partial charge is 0.350 e.